The van der Waals surface area contributed by atoms with Crippen LogP contribution in [0.3, 0.4) is 0 Å². The quantitative estimate of drug-likeness (QED) is 0.791. The lowest BCUT2D eigenvalue weighted by Crippen LogP contribution is -2.02. The number of nitrogen functional groups attached to an aromatic ring is 1. The van der Waals surface area contributed by atoms with E-state index < -0.39 is 11.9 Å². The molecule has 0 radical (unpaired) electrons. The summed E-state index contributed by atoms with van der Waals surface area (Å²) >= 11 is 1.08. The Morgan fingerprint density at radius 3 is 2.45 bits per heavy atom. The number of nitrogens with zero attached hydrogens (tertiary/aromatic N) is 1. The van der Waals surface area contributed by atoms with E-state index in [4.69, 9.17) is 15.9 Å². The van der Waals surface area contributed by atoms with Gasteiger partial charge in [-0.1, -0.05) is 23.9 Å². The van der Waals surface area contributed by atoms with E-state index in [0.29, 0.717) is 9.92 Å². The van der Waals surface area contributed by atoms with E-state index >= 15 is 0 Å². The van der Waals surface area contributed by atoms with Gasteiger partial charge in [0, 0.05) is 11.1 Å². The molecule has 1 aromatic heterocycles. The number of hydrogen-bond acceptors (Lipinski definition) is 5. The number of aromatic nitrogens is 1. The first-order valence-corrected chi connectivity index (χ1v) is 6.29. The second-order valence-corrected chi connectivity index (χ2v) is 4.86. The summed E-state index contributed by atoms with van der Waals surface area (Å²) in [5.74, 6) is -2.17. The summed E-state index contributed by atoms with van der Waals surface area (Å²) in [5.41, 5.74) is 6.05. The van der Waals surface area contributed by atoms with Crippen LogP contribution in [0.15, 0.2) is 46.5 Å². The molecule has 0 aliphatic rings. The molecule has 0 atom stereocenters. The van der Waals surface area contributed by atoms with E-state index in [-0.39, 0.29) is 16.8 Å². The number of benzene rings is 1. The first-order valence-electron chi connectivity index (χ1n) is 5.48. The Bertz CT molecular complexity index is 688. The molecule has 2 aromatic rings. The monoisotopic (exact) mass is 290 g/mol. The van der Waals surface area contributed by atoms with Crippen molar-refractivity contribution in [2.45, 2.75) is 9.92 Å². The lowest BCUT2D eigenvalue weighted by Gasteiger charge is -2.07. The van der Waals surface area contributed by atoms with Gasteiger partial charge in [0.05, 0.1) is 16.8 Å². The Morgan fingerprint density at radius 2 is 1.85 bits per heavy atom. The van der Waals surface area contributed by atoms with Crippen molar-refractivity contribution in [1.29, 1.82) is 0 Å². The molecule has 0 amide bonds. The van der Waals surface area contributed by atoms with Crippen molar-refractivity contribution in [2.75, 3.05) is 5.73 Å². The van der Waals surface area contributed by atoms with Crippen LogP contribution in [0, 0.1) is 0 Å². The van der Waals surface area contributed by atoms with Gasteiger partial charge >= 0.3 is 11.9 Å². The summed E-state index contributed by atoms with van der Waals surface area (Å²) < 4.78 is 0. The Hall–Kier alpha value is -2.54. The zero-order valence-corrected chi connectivity index (χ0v) is 10.9. The maximum atomic E-state index is 11.1. The third-order valence-corrected chi connectivity index (χ3v) is 3.56. The van der Waals surface area contributed by atoms with E-state index in [9.17, 15) is 9.59 Å². The average Bonchev–Trinajstić information content (AvgIpc) is 2.41. The van der Waals surface area contributed by atoms with Crippen LogP contribution in [0.4, 0.5) is 5.69 Å². The Kier molecular flexibility index (Phi) is 3.90. The van der Waals surface area contributed by atoms with Crippen molar-refractivity contribution in [3.8, 4) is 0 Å². The van der Waals surface area contributed by atoms with E-state index in [1.807, 2.05) is 0 Å². The molecule has 2 rings (SSSR count). The zero-order chi connectivity index (χ0) is 14.7. The molecule has 1 heterocycles. The molecule has 20 heavy (non-hydrogen) atoms. The molecule has 6 nitrogen and oxygen atoms in total. The third kappa shape index (κ3) is 2.89. The fraction of sp³-hybridized carbons (Fsp3) is 0. The van der Waals surface area contributed by atoms with Crippen molar-refractivity contribution in [1.82, 2.24) is 4.98 Å². The minimum Gasteiger partial charge on any atom is -0.478 e. The highest BCUT2D eigenvalue weighted by atomic mass is 32.2. The molecule has 0 saturated heterocycles. The van der Waals surface area contributed by atoms with Gasteiger partial charge in [-0.2, -0.15) is 0 Å². The first kappa shape index (κ1) is 13.9. The second-order valence-electron chi connectivity index (χ2n) is 3.83. The highest BCUT2D eigenvalue weighted by molar-refractivity contribution is 7.99. The lowest BCUT2D eigenvalue weighted by molar-refractivity contribution is 0.0684. The third-order valence-electron chi connectivity index (χ3n) is 2.45. The van der Waals surface area contributed by atoms with E-state index in [2.05, 4.69) is 4.98 Å². The normalized spacial score (nSPS) is 10.2. The molecule has 7 heteroatoms. The smallest absolute Gasteiger partial charge is 0.337 e. The van der Waals surface area contributed by atoms with E-state index in [1.165, 1.54) is 18.3 Å². The van der Waals surface area contributed by atoms with E-state index in [1.54, 1.807) is 18.2 Å². The van der Waals surface area contributed by atoms with Crippen LogP contribution in [0.2, 0.25) is 0 Å². The number of carboxylic acid groups (broad SMARTS) is 2. The van der Waals surface area contributed by atoms with Crippen LogP contribution in [-0.2, 0) is 0 Å². The van der Waals surface area contributed by atoms with Gasteiger partial charge < -0.3 is 15.9 Å². The van der Waals surface area contributed by atoms with Crippen molar-refractivity contribution < 1.29 is 19.8 Å². The van der Waals surface area contributed by atoms with E-state index in [0.717, 1.165) is 11.8 Å². The highest BCUT2D eigenvalue weighted by Crippen LogP contribution is 2.32. The number of rotatable bonds is 4. The van der Waals surface area contributed by atoms with Gasteiger partial charge in [0.25, 0.3) is 0 Å². The van der Waals surface area contributed by atoms with Gasteiger partial charge in [-0.3, -0.25) is 0 Å². The lowest BCUT2D eigenvalue weighted by atomic mass is 10.2. The number of aromatic carboxylic acids is 2. The summed E-state index contributed by atoms with van der Waals surface area (Å²) in [5, 5.41) is 18.3. The molecule has 0 spiro atoms. The molecule has 0 bridgehead atoms. The van der Waals surface area contributed by atoms with Crippen molar-refractivity contribution in [3.05, 3.63) is 47.7 Å². The number of nitrogens with two attached hydrogens (primary N) is 1. The predicted molar refractivity (Wildman–Crippen MR) is 73.1 cm³/mol. The zero-order valence-electron chi connectivity index (χ0n) is 10.1. The molecule has 0 saturated carbocycles. The van der Waals surface area contributed by atoms with Gasteiger partial charge in [-0.15, -0.1) is 0 Å². The summed E-state index contributed by atoms with van der Waals surface area (Å²) in [4.78, 5) is 26.3. The molecule has 0 unspecified atom stereocenters. The number of carboxylic acids is 2. The predicted octanol–water partition coefficient (Wildman–Crippen LogP) is 2.21. The summed E-state index contributed by atoms with van der Waals surface area (Å²) in [6, 6.07) is 7.74. The maximum absolute atomic E-state index is 11.1. The molecule has 0 fully saturated rings. The highest BCUT2D eigenvalue weighted by Gasteiger charge is 2.13. The van der Waals surface area contributed by atoms with Crippen LogP contribution >= 0.6 is 11.8 Å². The molecule has 102 valence electrons. The van der Waals surface area contributed by atoms with Crippen LogP contribution in [-0.4, -0.2) is 27.1 Å². The molecule has 1 aromatic carbocycles. The second kappa shape index (κ2) is 5.62. The Labute approximate surface area is 118 Å². The molecular formula is C13H10N2O4S. The van der Waals surface area contributed by atoms with Crippen LogP contribution in [0.5, 0.6) is 0 Å². The molecule has 0 aliphatic carbocycles. The minimum absolute atomic E-state index is 0.0154. The summed E-state index contributed by atoms with van der Waals surface area (Å²) in [6.45, 7) is 0. The van der Waals surface area contributed by atoms with Crippen LogP contribution < -0.4 is 5.73 Å². The van der Waals surface area contributed by atoms with Crippen molar-refractivity contribution in [2.24, 2.45) is 0 Å². The maximum Gasteiger partial charge on any atom is 0.337 e. The molecule has 0 aliphatic heterocycles. The van der Waals surface area contributed by atoms with Gasteiger partial charge in [0.2, 0.25) is 0 Å². The number of pyridine rings is 1. The summed E-state index contributed by atoms with van der Waals surface area (Å²) in [6.07, 6.45) is 1.18. The molecule has 4 N–H and O–H groups in total. The number of hydrogen-bond donors (Lipinski definition) is 3. The van der Waals surface area contributed by atoms with Gasteiger partial charge in [-0.05, 0) is 18.2 Å². The number of carbonyl (C=O) groups is 2. The minimum atomic E-state index is -1.12. The summed E-state index contributed by atoms with van der Waals surface area (Å²) in [7, 11) is 0. The van der Waals surface area contributed by atoms with Crippen LogP contribution in [0.1, 0.15) is 20.7 Å². The fourth-order valence-corrected chi connectivity index (χ4v) is 2.41. The fourth-order valence-electron chi connectivity index (χ4n) is 1.51. The van der Waals surface area contributed by atoms with Crippen molar-refractivity contribution in [3.63, 3.8) is 0 Å². The largest absolute Gasteiger partial charge is 0.478 e. The first-order chi connectivity index (χ1) is 9.49. The Morgan fingerprint density at radius 1 is 1.15 bits per heavy atom. The molecular weight excluding hydrogens is 280 g/mol. The van der Waals surface area contributed by atoms with Crippen LogP contribution in [0.25, 0.3) is 0 Å². The number of anilines is 1. The topological polar surface area (TPSA) is 114 Å². The van der Waals surface area contributed by atoms with Gasteiger partial charge in [-0.25, -0.2) is 14.6 Å². The Balaban J connectivity index is 2.36. The van der Waals surface area contributed by atoms with Crippen molar-refractivity contribution >= 4 is 29.4 Å². The van der Waals surface area contributed by atoms with Gasteiger partial charge in [0.15, 0.2) is 0 Å². The standard InChI is InChI=1S/C13H10N2O4S/c14-9-5-7(12(16)17)6-15-11(9)20-10-4-2-1-3-8(10)13(18)19/h1-6H,14H2,(H,16,17)(H,18,19). The average molecular weight is 290 g/mol. The SMILES string of the molecule is Nc1cc(C(=O)O)cnc1Sc1ccccc1C(=O)O. The van der Waals surface area contributed by atoms with Gasteiger partial charge in [0.1, 0.15) is 5.03 Å².